The second kappa shape index (κ2) is 25.5. The van der Waals surface area contributed by atoms with E-state index in [0.717, 1.165) is 41.9 Å². The van der Waals surface area contributed by atoms with Crippen LogP contribution in [-0.2, 0) is 16.1 Å². The predicted molar refractivity (Wildman–Crippen MR) is 206 cm³/mol. The molecule has 0 aromatic heterocycles. The van der Waals surface area contributed by atoms with Crippen LogP contribution in [-0.4, -0.2) is 62.6 Å². The highest BCUT2D eigenvalue weighted by Gasteiger charge is 2.18. The Hall–Kier alpha value is -4.44. The highest BCUT2D eigenvalue weighted by molar-refractivity contribution is 5.95. The van der Waals surface area contributed by atoms with Crippen molar-refractivity contribution in [2.45, 2.75) is 87.7 Å². The maximum absolute atomic E-state index is 14.0. The molecule has 0 unspecified atom stereocenters. The maximum atomic E-state index is 14.0. The summed E-state index contributed by atoms with van der Waals surface area (Å²) in [6.07, 6.45) is 10.7. The number of carbonyl (C=O) groups excluding carboxylic acids is 1. The molecule has 2 aromatic rings. The molecule has 1 aliphatic rings. The summed E-state index contributed by atoms with van der Waals surface area (Å²) in [4.78, 5) is 30.9. The van der Waals surface area contributed by atoms with Crippen LogP contribution in [0.3, 0.4) is 0 Å². The van der Waals surface area contributed by atoms with E-state index < -0.39 is 11.8 Å². The van der Waals surface area contributed by atoms with Crippen molar-refractivity contribution in [1.82, 2.24) is 5.32 Å². The SMILES string of the molecule is CC.CCCC.CCCNC(=O)c1ccc(N2CCOCC2)c(COC(/C=C(\C)F)=C/C=C(\C)C=Nc2cc(C(=O)O)ccc2NCCC)c1. The molecular weight excluding hydrogens is 635 g/mol. The van der Waals surface area contributed by atoms with E-state index in [1.807, 2.05) is 52.8 Å². The number of nitrogens with zero attached hydrogens (tertiary/aromatic N) is 2. The number of benzene rings is 2. The minimum atomic E-state index is -1.03. The summed E-state index contributed by atoms with van der Waals surface area (Å²) >= 11 is 0. The number of ether oxygens (including phenoxy) is 2. The Morgan fingerprint density at radius 1 is 0.940 bits per heavy atom. The number of aromatic carboxylic acids is 1. The lowest BCUT2D eigenvalue weighted by molar-refractivity contribution is 0.0696. The number of amides is 1. The molecule has 9 nitrogen and oxygen atoms in total. The van der Waals surface area contributed by atoms with E-state index in [0.29, 0.717) is 49.9 Å². The molecule has 3 N–H and O–H groups in total. The van der Waals surface area contributed by atoms with E-state index in [9.17, 15) is 19.1 Å². The van der Waals surface area contributed by atoms with Gasteiger partial charge in [0.25, 0.3) is 5.91 Å². The van der Waals surface area contributed by atoms with E-state index in [1.165, 1.54) is 38.0 Å². The number of unbranched alkanes of at least 4 members (excludes halogenated alkanes) is 1. The van der Waals surface area contributed by atoms with Crippen molar-refractivity contribution in [2.75, 3.05) is 49.6 Å². The molecule has 1 heterocycles. The third-order valence-electron chi connectivity index (χ3n) is 7.19. The van der Waals surface area contributed by atoms with Crippen LogP contribution in [0.4, 0.5) is 21.5 Å². The lowest BCUT2D eigenvalue weighted by atomic mass is 10.1. The van der Waals surface area contributed by atoms with E-state index in [1.54, 1.807) is 24.4 Å². The molecule has 0 aliphatic carbocycles. The van der Waals surface area contributed by atoms with Gasteiger partial charge >= 0.3 is 5.97 Å². The number of carboxylic acid groups (broad SMARTS) is 1. The first-order valence-electron chi connectivity index (χ1n) is 17.9. The zero-order valence-corrected chi connectivity index (χ0v) is 31.4. The van der Waals surface area contributed by atoms with Crippen LogP contribution in [0.15, 0.2) is 76.8 Å². The Labute approximate surface area is 299 Å². The summed E-state index contributed by atoms with van der Waals surface area (Å²) < 4.78 is 25.6. The molecule has 1 amide bonds. The zero-order chi connectivity index (χ0) is 37.3. The molecule has 1 aliphatic heterocycles. The van der Waals surface area contributed by atoms with Gasteiger partial charge in [-0.1, -0.05) is 60.5 Å². The van der Waals surface area contributed by atoms with E-state index in [-0.39, 0.29) is 18.1 Å². The predicted octanol–water partition coefficient (Wildman–Crippen LogP) is 9.64. The average Bonchev–Trinajstić information content (AvgIpc) is 3.14. The summed E-state index contributed by atoms with van der Waals surface area (Å²) in [5, 5.41) is 15.6. The smallest absolute Gasteiger partial charge is 0.335 e. The number of nitrogens with one attached hydrogen (secondary N) is 2. The van der Waals surface area contributed by atoms with Gasteiger partial charge in [-0.05, 0) is 74.7 Å². The Kier molecular flexibility index (Phi) is 22.2. The van der Waals surface area contributed by atoms with Crippen molar-refractivity contribution in [3.8, 4) is 0 Å². The summed E-state index contributed by atoms with van der Waals surface area (Å²) in [6, 6.07) is 10.3. The number of carbonyl (C=O) groups is 2. The van der Waals surface area contributed by atoms with E-state index >= 15 is 0 Å². The van der Waals surface area contributed by atoms with Crippen LogP contribution in [0, 0.1) is 0 Å². The first-order chi connectivity index (χ1) is 24.1. The highest BCUT2D eigenvalue weighted by Crippen LogP contribution is 2.27. The summed E-state index contributed by atoms with van der Waals surface area (Å²) in [7, 11) is 0. The lowest BCUT2D eigenvalue weighted by Crippen LogP contribution is -2.37. The molecule has 0 spiro atoms. The standard InChI is InChI=1S/C34H43FN4O5.C4H10.C2H6/c1-5-13-36-30-11-8-27(34(41)42)21-31(30)38-22-24(3)7-10-29(19-25(4)35)44-23-28-20-26(33(40)37-14-6-2)9-12-32(28)39-15-17-43-18-16-39;1-3-4-2;1-2/h7-12,19-22,36H,5-6,13-18,23H2,1-4H3,(H,37,40)(H,41,42);3-4H2,1-2H3;1-2H3/b24-7+,25-19+,29-10+,38-22?;;. The minimum absolute atomic E-state index is 0.118. The van der Waals surface area contributed by atoms with Gasteiger partial charge in [-0.3, -0.25) is 9.79 Å². The molecular formula is C40H59FN4O5. The third-order valence-corrected chi connectivity index (χ3v) is 7.19. The molecule has 10 heteroatoms. The van der Waals surface area contributed by atoms with Crippen LogP contribution in [0.2, 0.25) is 0 Å². The summed E-state index contributed by atoms with van der Waals surface area (Å²) in [5.41, 5.74) is 4.39. The number of hydrogen-bond donors (Lipinski definition) is 3. The fourth-order valence-corrected chi connectivity index (χ4v) is 4.40. The lowest BCUT2D eigenvalue weighted by Gasteiger charge is -2.31. The Morgan fingerprint density at radius 3 is 2.20 bits per heavy atom. The number of hydrogen-bond acceptors (Lipinski definition) is 7. The number of halogens is 1. The van der Waals surface area contributed by atoms with Crippen LogP contribution in [0.5, 0.6) is 0 Å². The fourth-order valence-electron chi connectivity index (χ4n) is 4.40. The van der Waals surface area contributed by atoms with Gasteiger partial charge in [-0.2, -0.15) is 0 Å². The Bertz CT molecular complexity index is 1440. The fraction of sp³-hybridized carbons (Fsp3) is 0.475. The van der Waals surface area contributed by atoms with Crippen molar-refractivity contribution in [1.29, 1.82) is 0 Å². The molecule has 50 heavy (non-hydrogen) atoms. The molecule has 3 rings (SSSR count). The van der Waals surface area contributed by atoms with Gasteiger partial charge in [0.1, 0.15) is 18.2 Å². The second-order valence-electron chi connectivity index (χ2n) is 11.4. The van der Waals surface area contributed by atoms with E-state index in [2.05, 4.69) is 34.4 Å². The van der Waals surface area contributed by atoms with Gasteiger partial charge in [0, 0.05) is 55.3 Å². The van der Waals surface area contributed by atoms with Crippen molar-refractivity contribution in [2.24, 2.45) is 4.99 Å². The summed E-state index contributed by atoms with van der Waals surface area (Å²) in [6.45, 7) is 19.6. The number of morpholine rings is 1. The average molecular weight is 695 g/mol. The molecule has 0 radical (unpaired) electrons. The molecule has 0 saturated carbocycles. The van der Waals surface area contributed by atoms with Gasteiger partial charge in [0.2, 0.25) is 0 Å². The van der Waals surface area contributed by atoms with Gasteiger partial charge in [-0.15, -0.1) is 0 Å². The van der Waals surface area contributed by atoms with Crippen molar-refractivity contribution < 1.29 is 28.6 Å². The minimum Gasteiger partial charge on any atom is -0.489 e. The molecule has 2 aromatic carbocycles. The van der Waals surface area contributed by atoms with E-state index in [4.69, 9.17) is 9.47 Å². The zero-order valence-electron chi connectivity index (χ0n) is 31.4. The molecule has 0 atom stereocenters. The van der Waals surface area contributed by atoms with Crippen LogP contribution < -0.4 is 15.5 Å². The Balaban J connectivity index is 0.00000194. The number of allylic oxidation sites excluding steroid dienone is 5. The van der Waals surface area contributed by atoms with Crippen LogP contribution in [0.1, 0.15) is 107 Å². The third kappa shape index (κ3) is 16.3. The summed E-state index contributed by atoms with van der Waals surface area (Å²) in [5.74, 6) is -1.31. The highest BCUT2D eigenvalue weighted by atomic mass is 19.1. The normalized spacial score (nSPS) is 13.5. The van der Waals surface area contributed by atoms with Crippen molar-refractivity contribution in [3.05, 3.63) is 88.5 Å². The molecule has 1 saturated heterocycles. The molecule has 1 fully saturated rings. The number of carboxylic acids is 1. The molecule has 0 bridgehead atoms. The van der Waals surface area contributed by atoms with Gasteiger partial charge < -0.3 is 30.1 Å². The largest absolute Gasteiger partial charge is 0.489 e. The quantitative estimate of drug-likeness (QED) is 0.0911. The van der Waals surface area contributed by atoms with Crippen molar-refractivity contribution in [3.63, 3.8) is 0 Å². The second-order valence-corrected chi connectivity index (χ2v) is 11.4. The Morgan fingerprint density at radius 2 is 1.60 bits per heavy atom. The first kappa shape index (κ1) is 43.6. The molecule has 276 valence electrons. The van der Waals surface area contributed by atoms with Gasteiger partial charge in [-0.25, -0.2) is 9.18 Å². The van der Waals surface area contributed by atoms with Crippen LogP contribution in [0.25, 0.3) is 0 Å². The van der Waals surface area contributed by atoms with Gasteiger partial charge in [0.15, 0.2) is 0 Å². The van der Waals surface area contributed by atoms with Gasteiger partial charge in [0.05, 0.1) is 30.2 Å². The number of anilines is 2. The van der Waals surface area contributed by atoms with Crippen molar-refractivity contribution >= 4 is 35.2 Å². The number of aliphatic imine (C=N–C) groups is 1. The maximum Gasteiger partial charge on any atom is 0.335 e. The number of rotatable bonds is 16. The van der Waals surface area contributed by atoms with Crippen LogP contribution >= 0.6 is 0 Å². The monoisotopic (exact) mass is 694 g/mol. The first-order valence-corrected chi connectivity index (χ1v) is 17.9. The topological polar surface area (TPSA) is 112 Å².